The fourth-order valence-electron chi connectivity index (χ4n) is 2.59. The van der Waals surface area contributed by atoms with Crippen molar-refractivity contribution >= 4 is 40.3 Å². The van der Waals surface area contributed by atoms with Gasteiger partial charge in [-0.2, -0.15) is 0 Å². The lowest BCUT2D eigenvalue weighted by atomic mass is 10.1. The van der Waals surface area contributed by atoms with E-state index in [0.29, 0.717) is 11.5 Å². The first-order chi connectivity index (χ1) is 13.7. The van der Waals surface area contributed by atoms with E-state index in [1.807, 2.05) is 72.3 Å². The van der Waals surface area contributed by atoms with E-state index < -0.39 is 5.97 Å². The van der Waals surface area contributed by atoms with Gasteiger partial charge in [0, 0.05) is 15.3 Å². The second kappa shape index (κ2) is 8.33. The van der Waals surface area contributed by atoms with Crippen molar-refractivity contribution in [1.29, 1.82) is 0 Å². The first-order valence-corrected chi connectivity index (χ1v) is 10.3. The van der Waals surface area contributed by atoms with Crippen LogP contribution in [0.2, 0.25) is 0 Å². The van der Waals surface area contributed by atoms with E-state index in [4.69, 9.17) is 9.15 Å². The van der Waals surface area contributed by atoms with E-state index in [1.165, 1.54) is 11.3 Å². The highest BCUT2D eigenvalue weighted by molar-refractivity contribution is 7.12. The molecule has 0 atom stereocenters. The van der Waals surface area contributed by atoms with Crippen molar-refractivity contribution in [3.63, 3.8) is 0 Å². The summed E-state index contributed by atoms with van der Waals surface area (Å²) in [6.45, 7) is 1.92. The number of thiophene rings is 2. The SMILES string of the molecule is Cc1cccc(-c2nnc(COC(=O)/C(=C/c3cccs3)c3cccs3)o2)c1. The third-order valence-electron chi connectivity index (χ3n) is 3.89. The maximum atomic E-state index is 12.7. The lowest BCUT2D eigenvalue weighted by Gasteiger charge is -2.05. The third kappa shape index (κ3) is 4.27. The van der Waals surface area contributed by atoms with Crippen molar-refractivity contribution in [2.24, 2.45) is 0 Å². The Hall–Kier alpha value is -3.03. The quantitative estimate of drug-likeness (QED) is 0.313. The Balaban J connectivity index is 1.49. The monoisotopic (exact) mass is 408 g/mol. The van der Waals surface area contributed by atoms with Gasteiger partial charge < -0.3 is 9.15 Å². The molecule has 0 radical (unpaired) electrons. The number of rotatable bonds is 6. The summed E-state index contributed by atoms with van der Waals surface area (Å²) in [7, 11) is 0. The van der Waals surface area contributed by atoms with Gasteiger partial charge in [-0.15, -0.1) is 32.9 Å². The predicted octanol–water partition coefficient (Wildman–Crippen LogP) is 5.45. The first kappa shape index (κ1) is 18.3. The standard InChI is InChI=1S/C21H16N2O3S2/c1-14-5-2-6-15(11-14)20-23-22-19(26-20)13-25-21(24)17(18-8-4-10-28-18)12-16-7-3-9-27-16/h2-12H,13H2,1H3/b17-12+. The van der Waals surface area contributed by atoms with E-state index in [-0.39, 0.29) is 12.5 Å². The van der Waals surface area contributed by atoms with Crippen LogP contribution in [0.4, 0.5) is 0 Å². The van der Waals surface area contributed by atoms with Crippen molar-refractivity contribution in [1.82, 2.24) is 10.2 Å². The van der Waals surface area contributed by atoms with Gasteiger partial charge in [0.1, 0.15) is 0 Å². The van der Waals surface area contributed by atoms with Crippen molar-refractivity contribution in [2.45, 2.75) is 13.5 Å². The van der Waals surface area contributed by atoms with Crippen LogP contribution in [-0.2, 0) is 16.1 Å². The van der Waals surface area contributed by atoms with Crippen LogP contribution >= 0.6 is 22.7 Å². The maximum absolute atomic E-state index is 12.7. The summed E-state index contributed by atoms with van der Waals surface area (Å²) in [6, 6.07) is 15.5. The Morgan fingerprint density at radius 2 is 1.96 bits per heavy atom. The molecule has 0 unspecified atom stereocenters. The first-order valence-electron chi connectivity index (χ1n) is 8.54. The average molecular weight is 409 g/mol. The molecule has 5 nitrogen and oxygen atoms in total. The van der Waals surface area contributed by atoms with E-state index >= 15 is 0 Å². The molecule has 4 rings (SSSR count). The third-order valence-corrected chi connectivity index (χ3v) is 5.62. The van der Waals surface area contributed by atoms with Gasteiger partial charge in [0.15, 0.2) is 6.61 Å². The highest BCUT2D eigenvalue weighted by Gasteiger charge is 2.17. The highest BCUT2D eigenvalue weighted by Crippen LogP contribution is 2.26. The molecule has 0 aliphatic carbocycles. The Bertz CT molecular complexity index is 1100. The van der Waals surface area contributed by atoms with Crippen LogP contribution in [-0.4, -0.2) is 16.2 Å². The molecule has 3 heterocycles. The maximum Gasteiger partial charge on any atom is 0.340 e. The summed E-state index contributed by atoms with van der Waals surface area (Å²) in [6.07, 6.45) is 1.84. The van der Waals surface area contributed by atoms with Gasteiger partial charge in [0.25, 0.3) is 5.89 Å². The number of hydrogen-bond donors (Lipinski definition) is 0. The van der Waals surface area contributed by atoms with Gasteiger partial charge in [-0.1, -0.05) is 29.8 Å². The van der Waals surface area contributed by atoms with E-state index in [9.17, 15) is 4.79 Å². The number of aromatic nitrogens is 2. The molecule has 0 N–H and O–H groups in total. The van der Waals surface area contributed by atoms with Gasteiger partial charge >= 0.3 is 5.97 Å². The Morgan fingerprint density at radius 3 is 2.71 bits per heavy atom. The van der Waals surface area contributed by atoms with E-state index in [1.54, 1.807) is 11.3 Å². The van der Waals surface area contributed by atoms with Gasteiger partial charge in [-0.05, 0) is 48.0 Å². The molecule has 0 spiro atoms. The predicted molar refractivity (Wildman–Crippen MR) is 111 cm³/mol. The van der Waals surface area contributed by atoms with Crippen molar-refractivity contribution in [3.8, 4) is 11.5 Å². The summed E-state index contributed by atoms with van der Waals surface area (Å²) in [5.41, 5.74) is 2.45. The van der Waals surface area contributed by atoms with Gasteiger partial charge in [-0.25, -0.2) is 4.79 Å². The molecule has 0 aliphatic rings. The van der Waals surface area contributed by atoms with Gasteiger partial charge in [0.2, 0.25) is 5.89 Å². The number of carbonyl (C=O) groups excluding carboxylic acids is 1. The van der Waals surface area contributed by atoms with Crippen molar-refractivity contribution < 1.29 is 13.9 Å². The topological polar surface area (TPSA) is 65.2 Å². The lowest BCUT2D eigenvalue weighted by Crippen LogP contribution is -2.06. The van der Waals surface area contributed by atoms with Crippen molar-refractivity contribution in [3.05, 3.63) is 80.5 Å². The minimum atomic E-state index is -0.425. The molecule has 140 valence electrons. The van der Waals surface area contributed by atoms with E-state index in [2.05, 4.69) is 10.2 Å². The number of aryl methyl sites for hydroxylation is 1. The molecule has 28 heavy (non-hydrogen) atoms. The number of benzene rings is 1. The number of hydrogen-bond acceptors (Lipinski definition) is 7. The Kier molecular flexibility index (Phi) is 5.45. The molecule has 3 aromatic heterocycles. The highest BCUT2D eigenvalue weighted by atomic mass is 32.1. The van der Waals surface area contributed by atoms with Crippen LogP contribution in [0.3, 0.4) is 0 Å². The normalized spacial score (nSPS) is 11.5. The zero-order chi connectivity index (χ0) is 19.3. The molecule has 0 saturated heterocycles. The van der Waals surface area contributed by atoms with Gasteiger partial charge in [-0.3, -0.25) is 0 Å². The number of esters is 1. The number of carbonyl (C=O) groups is 1. The zero-order valence-corrected chi connectivity index (χ0v) is 16.6. The Morgan fingerprint density at radius 1 is 1.11 bits per heavy atom. The minimum Gasteiger partial charge on any atom is -0.452 e. The van der Waals surface area contributed by atoms with Crippen LogP contribution in [0.15, 0.2) is 63.7 Å². The second-order valence-corrected chi connectivity index (χ2v) is 7.92. The fourth-order valence-corrected chi connectivity index (χ4v) is 3.98. The van der Waals surface area contributed by atoms with Crippen LogP contribution < -0.4 is 0 Å². The summed E-state index contributed by atoms with van der Waals surface area (Å²) in [4.78, 5) is 14.5. The van der Waals surface area contributed by atoms with E-state index in [0.717, 1.165) is 20.9 Å². The largest absolute Gasteiger partial charge is 0.452 e. The molecular weight excluding hydrogens is 392 g/mol. The summed E-state index contributed by atoms with van der Waals surface area (Å²) < 4.78 is 11.1. The molecule has 4 aromatic rings. The molecule has 7 heteroatoms. The second-order valence-electron chi connectivity index (χ2n) is 6.00. The Labute approximate surface area is 169 Å². The summed E-state index contributed by atoms with van der Waals surface area (Å²) in [5.74, 6) is 0.236. The molecule has 0 aliphatic heterocycles. The van der Waals surface area contributed by atoms with Crippen LogP contribution in [0.5, 0.6) is 0 Å². The number of nitrogens with zero attached hydrogens (tertiary/aromatic N) is 2. The average Bonchev–Trinajstić information content (AvgIpc) is 3.47. The lowest BCUT2D eigenvalue weighted by molar-refractivity contribution is -0.138. The summed E-state index contributed by atoms with van der Waals surface area (Å²) >= 11 is 3.05. The molecular formula is C21H16N2O3S2. The molecule has 0 saturated carbocycles. The molecule has 0 bridgehead atoms. The summed E-state index contributed by atoms with van der Waals surface area (Å²) in [5, 5.41) is 11.9. The molecule has 0 fully saturated rings. The minimum absolute atomic E-state index is 0.0786. The smallest absolute Gasteiger partial charge is 0.340 e. The molecule has 1 aromatic carbocycles. The van der Waals surface area contributed by atoms with Crippen LogP contribution in [0.1, 0.15) is 21.2 Å². The van der Waals surface area contributed by atoms with Gasteiger partial charge in [0.05, 0.1) is 5.57 Å². The fraction of sp³-hybridized carbons (Fsp3) is 0.0952. The van der Waals surface area contributed by atoms with Crippen LogP contribution in [0, 0.1) is 6.92 Å². The number of ether oxygens (including phenoxy) is 1. The molecule has 0 amide bonds. The zero-order valence-electron chi connectivity index (χ0n) is 15.0. The van der Waals surface area contributed by atoms with Crippen molar-refractivity contribution in [2.75, 3.05) is 0 Å². The van der Waals surface area contributed by atoms with Crippen LogP contribution in [0.25, 0.3) is 23.1 Å².